The number of ether oxygens (including phenoxy) is 1. The molecule has 1 amide bonds. The number of aromatic nitrogens is 1. The predicted molar refractivity (Wildman–Crippen MR) is 88.1 cm³/mol. The number of H-pyrrole nitrogens is 1. The monoisotopic (exact) mass is 294 g/mol. The molecule has 3 aromatic rings. The van der Waals surface area contributed by atoms with E-state index in [0.717, 1.165) is 22.3 Å². The number of benzene rings is 2. The van der Waals surface area contributed by atoms with E-state index in [9.17, 15) is 4.79 Å². The number of para-hydroxylation sites is 1. The maximum absolute atomic E-state index is 12.0. The lowest BCUT2D eigenvalue weighted by atomic mass is 10.2. The molecule has 0 aliphatic carbocycles. The van der Waals surface area contributed by atoms with Crippen molar-refractivity contribution in [2.24, 2.45) is 0 Å². The molecule has 0 bridgehead atoms. The van der Waals surface area contributed by atoms with E-state index in [0.29, 0.717) is 19.4 Å². The molecule has 22 heavy (non-hydrogen) atoms. The second kappa shape index (κ2) is 6.80. The first kappa shape index (κ1) is 14.2. The lowest BCUT2D eigenvalue weighted by Gasteiger charge is -2.08. The van der Waals surface area contributed by atoms with Gasteiger partial charge in [-0.3, -0.25) is 4.79 Å². The van der Waals surface area contributed by atoms with Gasteiger partial charge in [0.25, 0.3) is 0 Å². The van der Waals surface area contributed by atoms with Crippen LogP contribution in [0.5, 0.6) is 5.75 Å². The van der Waals surface area contributed by atoms with Crippen LogP contribution in [0.15, 0.2) is 60.8 Å². The van der Waals surface area contributed by atoms with Gasteiger partial charge in [-0.25, -0.2) is 0 Å². The van der Waals surface area contributed by atoms with Crippen LogP contribution >= 0.6 is 0 Å². The Labute approximate surface area is 129 Å². The molecule has 0 saturated carbocycles. The largest absolute Gasteiger partial charge is 0.494 e. The Morgan fingerprint density at radius 1 is 1.05 bits per heavy atom. The van der Waals surface area contributed by atoms with Gasteiger partial charge in [0.05, 0.1) is 12.3 Å². The van der Waals surface area contributed by atoms with Crippen molar-refractivity contribution in [3.63, 3.8) is 0 Å². The number of amides is 1. The molecule has 0 unspecified atom stereocenters. The first-order valence-corrected chi connectivity index (χ1v) is 7.37. The summed E-state index contributed by atoms with van der Waals surface area (Å²) in [6.07, 6.45) is 2.99. The molecule has 1 aromatic heterocycles. The fourth-order valence-electron chi connectivity index (χ4n) is 2.35. The first-order valence-electron chi connectivity index (χ1n) is 7.37. The topological polar surface area (TPSA) is 54.1 Å². The summed E-state index contributed by atoms with van der Waals surface area (Å²) in [7, 11) is 0. The fourth-order valence-corrected chi connectivity index (χ4v) is 2.35. The van der Waals surface area contributed by atoms with Crippen LogP contribution in [0, 0.1) is 0 Å². The predicted octanol–water partition coefficient (Wildman–Crippen LogP) is 3.97. The van der Waals surface area contributed by atoms with Crippen LogP contribution in [0.3, 0.4) is 0 Å². The standard InChI is InChI=1S/C18H18N2O2/c21-18(10-5-13-22-14-6-2-1-3-7-14)20-17-9-4-8-16-15(17)11-12-19-16/h1-4,6-9,11-12,19H,5,10,13H2,(H,20,21). The number of rotatable bonds is 6. The Bertz CT molecular complexity index is 750. The molecule has 4 heteroatoms. The third-order valence-corrected chi connectivity index (χ3v) is 3.43. The highest BCUT2D eigenvalue weighted by Gasteiger charge is 2.06. The Balaban J connectivity index is 1.48. The van der Waals surface area contributed by atoms with Gasteiger partial charge in [0.1, 0.15) is 5.75 Å². The van der Waals surface area contributed by atoms with Gasteiger partial charge in [0.15, 0.2) is 0 Å². The van der Waals surface area contributed by atoms with Gasteiger partial charge in [-0.15, -0.1) is 0 Å². The smallest absolute Gasteiger partial charge is 0.224 e. The van der Waals surface area contributed by atoms with Crippen molar-refractivity contribution in [3.8, 4) is 5.75 Å². The maximum Gasteiger partial charge on any atom is 0.224 e. The molecular formula is C18H18N2O2. The van der Waals surface area contributed by atoms with Crippen LogP contribution in [0.2, 0.25) is 0 Å². The van der Waals surface area contributed by atoms with Gasteiger partial charge < -0.3 is 15.0 Å². The van der Waals surface area contributed by atoms with Crippen LogP contribution < -0.4 is 10.1 Å². The highest BCUT2D eigenvalue weighted by atomic mass is 16.5. The molecule has 0 saturated heterocycles. The number of carbonyl (C=O) groups is 1. The Kier molecular flexibility index (Phi) is 4.39. The Morgan fingerprint density at radius 2 is 1.91 bits per heavy atom. The van der Waals surface area contributed by atoms with Crippen LogP contribution in [0.25, 0.3) is 10.9 Å². The average molecular weight is 294 g/mol. The van der Waals surface area contributed by atoms with Crippen LogP contribution in [-0.2, 0) is 4.79 Å². The van der Waals surface area contributed by atoms with E-state index in [2.05, 4.69) is 10.3 Å². The van der Waals surface area contributed by atoms with Gasteiger partial charge >= 0.3 is 0 Å². The highest BCUT2D eigenvalue weighted by Crippen LogP contribution is 2.22. The van der Waals surface area contributed by atoms with Crippen molar-refractivity contribution in [1.29, 1.82) is 0 Å². The first-order chi connectivity index (χ1) is 10.8. The lowest BCUT2D eigenvalue weighted by Crippen LogP contribution is -2.12. The summed E-state index contributed by atoms with van der Waals surface area (Å²) in [4.78, 5) is 15.1. The minimum Gasteiger partial charge on any atom is -0.494 e. The van der Waals surface area contributed by atoms with Crippen molar-refractivity contribution in [2.45, 2.75) is 12.8 Å². The minimum atomic E-state index is 0.00496. The second-order valence-electron chi connectivity index (χ2n) is 5.06. The van der Waals surface area contributed by atoms with Gasteiger partial charge in [-0.05, 0) is 36.8 Å². The average Bonchev–Trinajstić information content (AvgIpc) is 3.02. The number of carbonyl (C=O) groups excluding carboxylic acids is 1. The molecule has 0 fully saturated rings. The molecule has 2 aromatic carbocycles. The highest BCUT2D eigenvalue weighted by molar-refractivity contribution is 6.01. The maximum atomic E-state index is 12.0. The van der Waals surface area contributed by atoms with Gasteiger partial charge in [0.2, 0.25) is 5.91 Å². The molecule has 112 valence electrons. The lowest BCUT2D eigenvalue weighted by molar-refractivity contribution is -0.116. The van der Waals surface area contributed by atoms with E-state index < -0.39 is 0 Å². The molecule has 1 heterocycles. The van der Waals surface area contributed by atoms with E-state index in [1.807, 2.05) is 60.8 Å². The zero-order valence-corrected chi connectivity index (χ0v) is 12.2. The van der Waals surface area contributed by atoms with Crippen molar-refractivity contribution >= 4 is 22.5 Å². The summed E-state index contributed by atoms with van der Waals surface area (Å²) in [5, 5.41) is 3.98. The Hall–Kier alpha value is -2.75. The quantitative estimate of drug-likeness (QED) is 0.676. The van der Waals surface area contributed by atoms with E-state index in [1.54, 1.807) is 0 Å². The number of anilines is 1. The summed E-state index contributed by atoms with van der Waals surface area (Å²) in [5.74, 6) is 0.838. The van der Waals surface area contributed by atoms with E-state index in [4.69, 9.17) is 4.74 Å². The normalized spacial score (nSPS) is 10.5. The molecule has 0 aliphatic rings. The SMILES string of the molecule is O=C(CCCOc1ccccc1)Nc1cccc2[nH]ccc12. The van der Waals surface area contributed by atoms with Gasteiger partial charge in [0, 0.05) is 23.5 Å². The molecule has 2 N–H and O–H groups in total. The van der Waals surface area contributed by atoms with Gasteiger partial charge in [-0.1, -0.05) is 24.3 Å². The summed E-state index contributed by atoms with van der Waals surface area (Å²) in [6, 6.07) is 17.4. The van der Waals surface area contributed by atoms with E-state index in [-0.39, 0.29) is 5.91 Å². The Morgan fingerprint density at radius 3 is 2.77 bits per heavy atom. The molecule has 0 aliphatic heterocycles. The molecule has 0 spiro atoms. The van der Waals surface area contributed by atoms with Crippen molar-refractivity contribution in [3.05, 3.63) is 60.8 Å². The van der Waals surface area contributed by atoms with Crippen molar-refractivity contribution in [2.75, 3.05) is 11.9 Å². The van der Waals surface area contributed by atoms with Crippen LogP contribution in [0.1, 0.15) is 12.8 Å². The number of hydrogen-bond acceptors (Lipinski definition) is 2. The summed E-state index contributed by atoms with van der Waals surface area (Å²) in [5.41, 5.74) is 1.86. The molecule has 0 radical (unpaired) electrons. The number of hydrogen-bond donors (Lipinski definition) is 2. The molecule has 3 rings (SSSR count). The fraction of sp³-hybridized carbons (Fsp3) is 0.167. The number of aromatic amines is 1. The van der Waals surface area contributed by atoms with E-state index in [1.165, 1.54) is 0 Å². The van der Waals surface area contributed by atoms with E-state index >= 15 is 0 Å². The summed E-state index contributed by atoms with van der Waals surface area (Å²) in [6.45, 7) is 0.534. The molecule has 4 nitrogen and oxygen atoms in total. The number of fused-ring (bicyclic) bond motifs is 1. The van der Waals surface area contributed by atoms with Gasteiger partial charge in [-0.2, -0.15) is 0 Å². The molecular weight excluding hydrogens is 276 g/mol. The third kappa shape index (κ3) is 3.47. The second-order valence-corrected chi connectivity index (χ2v) is 5.06. The number of nitrogens with one attached hydrogen (secondary N) is 2. The zero-order chi connectivity index (χ0) is 15.2. The molecule has 0 atom stereocenters. The summed E-state index contributed by atoms with van der Waals surface area (Å²) < 4.78 is 5.58. The zero-order valence-electron chi connectivity index (χ0n) is 12.2. The van der Waals surface area contributed by atoms with Crippen molar-refractivity contribution in [1.82, 2.24) is 4.98 Å². The summed E-state index contributed by atoms with van der Waals surface area (Å²) >= 11 is 0. The third-order valence-electron chi connectivity index (χ3n) is 3.43. The minimum absolute atomic E-state index is 0.00496. The van der Waals surface area contributed by atoms with Crippen LogP contribution in [0.4, 0.5) is 5.69 Å². The van der Waals surface area contributed by atoms with Crippen molar-refractivity contribution < 1.29 is 9.53 Å². The van der Waals surface area contributed by atoms with Crippen LogP contribution in [-0.4, -0.2) is 17.5 Å².